The van der Waals surface area contributed by atoms with Gasteiger partial charge in [-0.3, -0.25) is 4.79 Å². The molecule has 4 nitrogen and oxygen atoms in total. The van der Waals surface area contributed by atoms with Crippen molar-refractivity contribution < 1.29 is 14.6 Å². The molecule has 5 heteroatoms. The number of carbonyl (C=O) groups is 1. The molecule has 3 N–H and O–H groups in total. The number of carboxylic acid groups (broad SMARTS) is 1. The van der Waals surface area contributed by atoms with E-state index in [9.17, 15) is 4.79 Å². The van der Waals surface area contributed by atoms with E-state index < -0.39 is 5.97 Å². The van der Waals surface area contributed by atoms with Crippen molar-refractivity contribution in [2.45, 2.75) is 39.7 Å². The van der Waals surface area contributed by atoms with E-state index in [1.54, 1.807) is 7.11 Å². The van der Waals surface area contributed by atoms with Crippen molar-refractivity contribution in [1.82, 2.24) is 0 Å². The van der Waals surface area contributed by atoms with E-state index in [4.69, 9.17) is 27.2 Å². The monoisotopic (exact) mass is 285 g/mol. The van der Waals surface area contributed by atoms with Gasteiger partial charge in [0.15, 0.2) is 0 Å². The van der Waals surface area contributed by atoms with E-state index in [0.29, 0.717) is 17.2 Å². The van der Waals surface area contributed by atoms with Crippen LogP contribution in [0, 0.1) is 20.8 Å². The van der Waals surface area contributed by atoms with Crippen LogP contribution in [0.4, 0.5) is 0 Å². The summed E-state index contributed by atoms with van der Waals surface area (Å²) in [5, 5.41) is 9.29. The largest absolute Gasteiger partial charge is 0.495 e. The van der Waals surface area contributed by atoms with E-state index >= 15 is 0 Å². The molecule has 1 atom stereocenters. The van der Waals surface area contributed by atoms with Crippen LogP contribution in [0.3, 0.4) is 0 Å². The van der Waals surface area contributed by atoms with Crippen LogP contribution in [0.1, 0.15) is 41.1 Å². The third-order valence-corrected chi connectivity index (χ3v) is 3.94. The van der Waals surface area contributed by atoms with Crippen LogP contribution in [-0.4, -0.2) is 18.2 Å². The molecule has 1 rings (SSSR count). The van der Waals surface area contributed by atoms with Crippen LogP contribution in [0.25, 0.3) is 0 Å². The van der Waals surface area contributed by atoms with E-state index in [1.165, 1.54) is 0 Å². The molecule has 0 saturated carbocycles. The number of methoxy groups -OCH3 is 1. The van der Waals surface area contributed by atoms with Crippen LogP contribution >= 0.6 is 11.6 Å². The van der Waals surface area contributed by atoms with E-state index in [1.807, 2.05) is 20.8 Å². The third kappa shape index (κ3) is 3.19. The second kappa shape index (κ2) is 6.26. The summed E-state index contributed by atoms with van der Waals surface area (Å²) >= 11 is 6.29. The van der Waals surface area contributed by atoms with Gasteiger partial charge in [-0.05, 0) is 49.4 Å². The van der Waals surface area contributed by atoms with Crippen molar-refractivity contribution in [2.75, 3.05) is 7.11 Å². The van der Waals surface area contributed by atoms with Gasteiger partial charge < -0.3 is 15.6 Å². The molecular weight excluding hydrogens is 266 g/mol. The number of hydrogen-bond donors (Lipinski definition) is 2. The van der Waals surface area contributed by atoms with Gasteiger partial charge in [-0.15, -0.1) is 0 Å². The Bertz CT molecular complexity index is 471. The molecule has 0 fully saturated rings. The molecule has 0 aliphatic rings. The number of ether oxygens (including phenoxy) is 1. The van der Waals surface area contributed by atoms with Gasteiger partial charge in [0, 0.05) is 12.5 Å². The Morgan fingerprint density at radius 1 is 1.32 bits per heavy atom. The summed E-state index contributed by atoms with van der Waals surface area (Å²) in [6.45, 7) is 5.76. The van der Waals surface area contributed by atoms with Crippen LogP contribution in [0.15, 0.2) is 0 Å². The topological polar surface area (TPSA) is 72.5 Å². The maximum absolute atomic E-state index is 10.6. The fraction of sp³-hybridized carbons (Fsp3) is 0.500. The quantitative estimate of drug-likeness (QED) is 0.872. The summed E-state index contributed by atoms with van der Waals surface area (Å²) in [5.41, 5.74) is 9.85. The zero-order valence-corrected chi connectivity index (χ0v) is 12.5. The molecule has 1 aromatic rings. The average molecular weight is 286 g/mol. The van der Waals surface area contributed by atoms with Crippen LogP contribution in [-0.2, 0) is 4.79 Å². The van der Waals surface area contributed by atoms with E-state index in [0.717, 1.165) is 22.3 Å². The molecule has 0 aliphatic carbocycles. The zero-order chi connectivity index (χ0) is 14.7. The summed E-state index contributed by atoms with van der Waals surface area (Å²) in [4.78, 5) is 10.6. The fourth-order valence-corrected chi connectivity index (χ4v) is 2.65. The summed E-state index contributed by atoms with van der Waals surface area (Å²) in [5.74, 6) is -0.187. The number of carboxylic acids is 1. The van der Waals surface area contributed by atoms with Gasteiger partial charge in [0.25, 0.3) is 0 Å². The number of nitrogens with two attached hydrogens (primary N) is 1. The molecular formula is C14H20ClNO3. The van der Waals surface area contributed by atoms with Gasteiger partial charge in [0.05, 0.1) is 12.1 Å². The highest BCUT2D eigenvalue weighted by Crippen LogP contribution is 2.39. The lowest BCUT2D eigenvalue weighted by molar-refractivity contribution is -0.137. The Morgan fingerprint density at radius 3 is 2.37 bits per heavy atom. The van der Waals surface area contributed by atoms with Crippen LogP contribution in [0.2, 0.25) is 5.02 Å². The Kier molecular flexibility index (Phi) is 5.20. The predicted molar refractivity (Wildman–Crippen MR) is 76.0 cm³/mol. The number of halogens is 1. The van der Waals surface area contributed by atoms with Gasteiger partial charge in [0.2, 0.25) is 0 Å². The smallest absolute Gasteiger partial charge is 0.303 e. The van der Waals surface area contributed by atoms with Crippen molar-refractivity contribution >= 4 is 17.6 Å². The normalized spacial score (nSPS) is 12.3. The summed E-state index contributed by atoms with van der Waals surface area (Å²) in [6, 6.07) is -0.335. The SMILES string of the molecule is COc1c(C)c(C)c(C(N)CCC(=O)O)c(C)c1Cl. The number of benzene rings is 1. The highest BCUT2D eigenvalue weighted by molar-refractivity contribution is 6.33. The molecule has 1 unspecified atom stereocenters. The van der Waals surface area contributed by atoms with Crippen molar-refractivity contribution in [3.05, 3.63) is 27.3 Å². The number of aliphatic carboxylic acids is 1. The lowest BCUT2D eigenvalue weighted by atomic mass is 9.90. The van der Waals surface area contributed by atoms with Gasteiger partial charge in [0.1, 0.15) is 5.75 Å². The molecule has 0 spiro atoms. The van der Waals surface area contributed by atoms with Gasteiger partial charge in [-0.1, -0.05) is 11.6 Å². The molecule has 0 heterocycles. The third-order valence-electron chi connectivity index (χ3n) is 3.48. The molecule has 0 radical (unpaired) electrons. The molecule has 0 saturated heterocycles. The fourth-order valence-electron chi connectivity index (χ4n) is 2.33. The first-order valence-corrected chi connectivity index (χ1v) is 6.49. The molecule has 0 amide bonds. The highest BCUT2D eigenvalue weighted by Gasteiger charge is 2.21. The Balaban J connectivity index is 3.25. The number of hydrogen-bond acceptors (Lipinski definition) is 3. The summed E-state index contributed by atoms with van der Waals surface area (Å²) < 4.78 is 5.30. The highest BCUT2D eigenvalue weighted by atomic mass is 35.5. The molecule has 19 heavy (non-hydrogen) atoms. The standard InChI is InChI=1S/C14H20ClNO3/c1-7-8(2)14(19-4)13(15)9(3)12(7)10(16)5-6-11(17)18/h10H,5-6,16H2,1-4H3,(H,17,18). The van der Waals surface area contributed by atoms with Crippen LogP contribution < -0.4 is 10.5 Å². The first-order valence-electron chi connectivity index (χ1n) is 6.11. The summed E-state index contributed by atoms with van der Waals surface area (Å²) in [7, 11) is 1.58. The second-order valence-electron chi connectivity index (χ2n) is 4.67. The molecule has 0 bridgehead atoms. The molecule has 0 aromatic heterocycles. The molecule has 106 valence electrons. The van der Waals surface area contributed by atoms with Crippen molar-refractivity contribution in [3.63, 3.8) is 0 Å². The molecule has 1 aromatic carbocycles. The van der Waals surface area contributed by atoms with Gasteiger partial charge >= 0.3 is 5.97 Å². The average Bonchev–Trinajstić information content (AvgIpc) is 2.35. The zero-order valence-electron chi connectivity index (χ0n) is 11.7. The maximum atomic E-state index is 10.6. The Hall–Kier alpha value is -1.26. The lowest BCUT2D eigenvalue weighted by Gasteiger charge is -2.22. The minimum Gasteiger partial charge on any atom is -0.495 e. The van der Waals surface area contributed by atoms with Gasteiger partial charge in [-0.25, -0.2) is 0 Å². The van der Waals surface area contributed by atoms with E-state index in [2.05, 4.69) is 0 Å². The first kappa shape index (κ1) is 15.8. The van der Waals surface area contributed by atoms with Crippen molar-refractivity contribution in [1.29, 1.82) is 0 Å². The Labute approximate surface area is 118 Å². The maximum Gasteiger partial charge on any atom is 0.303 e. The van der Waals surface area contributed by atoms with Gasteiger partial charge in [-0.2, -0.15) is 0 Å². The predicted octanol–water partition coefficient (Wildman–Crippen LogP) is 3.14. The second-order valence-corrected chi connectivity index (χ2v) is 5.05. The van der Waals surface area contributed by atoms with Crippen molar-refractivity contribution in [2.24, 2.45) is 5.73 Å². The van der Waals surface area contributed by atoms with E-state index in [-0.39, 0.29) is 12.5 Å². The first-order chi connectivity index (χ1) is 8.81. The number of rotatable bonds is 5. The molecule has 0 aliphatic heterocycles. The Morgan fingerprint density at radius 2 is 1.89 bits per heavy atom. The van der Waals surface area contributed by atoms with Crippen LogP contribution in [0.5, 0.6) is 5.75 Å². The minimum atomic E-state index is -0.845. The summed E-state index contributed by atoms with van der Waals surface area (Å²) in [6.07, 6.45) is 0.432. The lowest BCUT2D eigenvalue weighted by Crippen LogP contribution is -2.16. The van der Waals surface area contributed by atoms with Crippen molar-refractivity contribution in [3.8, 4) is 5.75 Å². The minimum absolute atomic E-state index is 0.0444.